The average Bonchev–Trinajstić information content (AvgIpc) is 2.59. The molecule has 0 N–H and O–H groups in total. The third-order valence-corrected chi connectivity index (χ3v) is 4.43. The fourth-order valence-corrected chi connectivity index (χ4v) is 2.38. The Kier molecular flexibility index (Phi) is 4.49. The lowest BCUT2D eigenvalue weighted by Crippen LogP contribution is -2.15. The summed E-state index contributed by atoms with van der Waals surface area (Å²) in [6, 6.07) is 0. The topological polar surface area (TPSA) is 64.8 Å². The van der Waals surface area contributed by atoms with Gasteiger partial charge in [-0.05, 0) is 13.3 Å². The molecule has 16 heavy (non-hydrogen) atoms. The van der Waals surface area contributed by atoms with Gasteiger partial charge in [0.25, 0.3) is 0 Å². The number of hydrogen-bond donors (Lipinski definition) is 0. The molecule has 1 aromatic heterocycles. The third-order valence-electron chi connectivity index (χ3n) is 2.43. The van der Waals surface area contributed by atoms with E-state index < -0.39 is 15.1 Å². The van der Waals surface area contributed by atoms with Crippen molar-refractivity contribution in [1.82, 2.24) is 14.8 Å². The van der Waals surface area contributed by atoms with Crippen LogP contribution in [0.3, 0.4) is 0 Å². The molecule has 0 saturated carbocycles. The van der Waals surface area contributed by atoms with E-state index in [0.29, 0.717) is 11.2 Å². The van der Waals surface area contributed by atoms with Crippen LogP contribution in [0.25, 0.3) is 0 Å². The lowest BCUT2D eigenvalue weighted by molar-refractivity contribution is 0.574. The number of halogens is 1. The average molecular weight is 310 g/mol. The van der Waals surface area contributed by atoms with Crippen LogP contribution in [0.1, 0.15) is 37.2 Å². The molecular formula is C9H16BrN3O2S. The van der Waals surface area contributed by atoms with Crippen molar-refractivity contribution in [2.75, 3.05) is 6.26 Å². The molecule has 0 bridgehead atoms. The first-order valence-corrected chi connectivity index (χ1v) is 8.16. The minimum atomic E-state index is -3.13. The first-order valence-electron chi connectivity index (χ1n) is 5.08. The molecule has 0 aliphatic rings. The summed E-state index contributed by atoms with van der Waals surface area (Å²) in [7, 11) is -3.13. The molecule has 0 amide bonds. The monoisotopic (exact) mass is 309 g/mol. The van der Waals surface area contributed by atoms with Crippen molar-refractivity contribution in [2.24, 2.45) is 0 Å². The molecule has 7 heteroatoms. The van der Waals surface area contributed by atoms with E-state index in [4.69, 9.17) is 0 Å². The van der Waals surface area contributed by atoms with Crippen molar-refractivity contribution in [3.8, 4) is 0 Å². The van der Waals surface area contributed by atoms with E-state index in [1.54, 1.807) is 6.92 Å². The van der Waals surface area contributed by atoms with Gasteiger partial charge in [0.05, 0.1) is 5.33 Å². The molecule has 1 heterocycles. The molecule has 1 atom stereocenters. The van der Waals surface area contributed by atoms with Gasteiger partial charge < -0.3 is 4.57 Å². The van der Waals surface area contributed by atoms with E-state index in [2.05, 4.69) is 26.1 Å². The number of hydrogen-bond acceptors (Lipinski definition) is 4. The molecule has 0 spiro atoms. The molecule has 5 nitrogen and oxygen atoms in total. The highest BCUT2D eigenvalue weighted by Gasteiger charge is 2.24. The van der Waals surface area contributed by atoms with Gasteiger partial charge in [0.1, 0.15) is 11.1 Å². The molecule has 0 fully saturated rings. The minimum Gasteiger partial charge on any atom is -0.313 e. The van der Waals surface area contributed by atoms with Gasteiger partial charge in [-0.1, -0.05) is 22.9 Å². The SMILES string of the molecule is CCCn1c(CBr)nnc1C(C)S(C)(=O)=O. The van der Waals surface area contributed by atoms with Gasteiger partial charge in [-0.2, -0.15) is 0 Å². The summed E-state index contributed by atoms with van der Waals surface area (Å²) >= 11 is 3.32. The van der Waals surface area contributed by atoms with Gasteiger partial charge in [-0.15, -0.1) is 10.2 Å². The second-order valence-corrected chi connectivity index (χ2v) is 6.66. The van der Waals surface area contributed by atoms with Gasteiger partial charge in [-0.3, -0.25) is 0 Å². The van der Waals surface area contributed by atoms with Crippen molar-refractivity contribution in [2.45, 2.75) is 37.4 Å². The van der Waals surface area contributed by atoms with Gasteiger partial charge in [0, 0.05) is 12.8 Å². The molecule has 0 radical (unpaired) electrons. The van der Waals surface area contributed by atoms with Crippen molar-refractivity contribution >= 4 is 25.8 Å². The normalized spacial score (nSPS) is 14.0. The van der Waals surface area contributed by atoms with Gasteiger partial charge in [0.2, 0.25) is 0 Å². The number of sulfone groups is 1. The minimum absolute atomic E-state index is 0.527. The maximum Gasteiger partial charge on any atom is 0.157 e. The van der Waals surface area contributed by atoms with Crippen LogP contribution in [0.5, 0.6) is 0 Å². The van der Waals surface area contributed by atoms with Gasteiger partial charge in [-0.25, -0.2) is 8.42 Å². The first-order chi connectivity index (χ1) is 7.41. The highest BCUT2D eigenvalue weighted by atomic mass is 79.9. The van der Waals surface area contributed by atoms with Crippen LogP contribution >= 0.6 is 15.9 Å². The largest absolute Gasteiger partial charge is 0.313 e. The van der Waals surface area contributed by atoms with E-state index >= 15 is 0 Å². The van der Waals surface area contributed by atoms with Crippen molar-refractivity contribution in [1.29, 1.82) is 0 Å². The maximum atomic E-state index is 11.5. The Labute approximate surface area is 104 Å². The molecule has 0 saturated heterocycles. The fourth-order valence-electron chi connectivity index (χ4n) is 1.41. The number of aromatic nitrogens is 3. The Balaban J connectivity index is 3.18. The van der Waals surface area contributed by atoms with Crippen LogP contribution in [0, 0.1) is 0 Å². The third kappa shape index (κ3) is 2.82. The van der Waals surface area contributed by atoms with E-state index in [-0.39, 0.29) is 0 Å². The quantitative estimate of drug-likeness (QED) is 0.776. The zero-order valence-electron chi connectivity index (χ0n) is 9.64. The Morgan fingerprint density at radius 1 is 1.44 bits per heavy atom. The number of rotatable bonds is 5. The van der Waals surface area contributed by atoms with Crippen molar-refractivity contribution in [3.05, 3.63) is 11.6 Å². The lowest BCUT2D eigenvalue weighted by atomic mass is 10.4. The summed E-state index contributed by atoms with van der Waals surface area (Å²) < 4.78 is 24.9. The number of alkyl halides is 1. The summed E-state index contributed by atoms with van der Waals surface area (Å²) in [5.74, 6) is 1.30. The molecule has 0 aliphatic carbocycles. The second kappa shape index (κ2) is 5.27. The number of nitrogens with zero attached hydrogens (tertiary/aromatic N) is 3. The van der Waals surface area contributed by atoms with Crippen LogP contribution in [-0.4, -0.2) is 29.4 Å². The molecule has 1 rings (SSSR count). The summed E-state index contributed by atoms with van der Waals surface area (Å²) in [4.78, 5) is 0. The Bertz CT molecular complexity index is 455. The molecule has 0 aliphatic heterocycles. The van der Waals surface area contributed by atoms with Crippen molar-refractivity contribution in [3.63, 3.8) is 0 Å². The molecular weight excluding hydrogens is 294 g/mol. The molecule has 1 aromatic rings. The second-order valence-electron chi connectivity index (χ2n) is 3.73. The molecule has 92 valence electrons. The molecule has 0 aromatic carbocycles. The zero-order chi connectivity index (χ0) is 12.3. The van der Waals surface area contributed by atoms with Gasteiger partial charge in [0.15, 0.2) is 15.7 Å². The zero-order valence-corrected chi connectivity index (χ0v) is 12.0. The smallest absolute Gasteiger partial charge is 0.157 e. The lowest BCUT2D eigenvalue weighted by Gasteiger charge is -2.12. The van der Waals surface area contributed by atoms with E-state index in [0.717, 1.165) is 18.8 Å². The highest BCUT2D eigenvalue weighted by Crippen LogP contribution is 2.21. The van der Waals surface area contributed by atoms with Crippen LogP contribution in [0.15, 0.2) is 0 Å². The maximum absolute atomic E-state index is 11.5. The predicted molar refractivity (Wildman–Crippen MR) is 66.2 cm³/mol. The summed E-state index contributed by atoms with van der Waals surface area (Å²) in [5, 5.41) is 7.93. The summed E-state index contributed by atoms with van der Waals surface area (Å²) in [5.41, 5.74) is 0. The van der Waals surface area contributed by atoms with Crippen LogP contribution < -0.4 is 0 Å². The fraction of sp³-hybridized carbons (Fsp3) is 0.778. The molecule has 1 unspecified atom stereocenters. The van der Waals surface area contributed by atoms with Crippen molar-refractivity contribution < 1.29 is 8.42 Å². The Morgan fingerprint density at radius 3 is 2.50 bits per heavy atom. The van der Waals surface area contributed by atoms with Crippen LogP contribution in [0.4, 0.5) is 0 Å². The Morgan fingerprint density at radius 2 is 2.06 bits per heavy atom. The highest BCUT2D eigenvalue weighted by molar-refractivity contribution is 9.08. The standard InChI is InChI=1S/C9H16BrN3O2S/c1-4-5-13-8(6-10)11-12-9(13)7(2)16(3,14)15/h7H,4-6H2,1-3H3. The first kappa shape index (κ1) is 13.6. The van der Waals surface area contributed by atoms with E-state index in [1.807, 2.05) is 11.5 Å². The summed E-state index contributed by atoms with van der Waals surface area (Å²) in [6.45, 7) is 4.42. The summed E-state index contributed by atoms with van der Waals surface area (Å²) in [6.07, 6.45) is 2.14. The van der Waals surface area contributed by atoms with Gasteiger partial charge >= 0.3 is 0 Å². The van der Waals surface area contributed by atoms with E-state index in [9.17, 15) is 8.42 Å². The van der Waals surface area contributed by atoms with Crippen LogP contribution in [0.2, 0.25) is 0 Å². The van der Waals surface area contributed by atoms with E-state index in [1.165, 1.54) is 6.26 Å². The Hall–Kier alpha value is -0.430. The predicted octanol–water partition coefficient (Wildman–Crippen LogP) is 1.69. The van der Waals surface area contributed by atoms with Crippen LogP contribution in [-0.2, 0) is 21.7 Å².